The highest BCUT2D eigenvalue weighted by molar-refractivity contribution is 7.15. The van der Waals surface area contributed by atoms with Crippen molar-refractivity contribution in [3.63, 3.8) is 0 Å². The molecule has 1 amide bonds. The lowest BCUT2D eigenvalue weighted by atomic mass is 9.92. The van der Waals surface area contributed by atoms with Crippen LogP contribution in [0.3, 0.4) is 0 Å². The Morgan fingerprint density at radius 3 is 2.58 bits per heavy atom. The van der Waals surface area contributed by atoms with Crippen LogP contribution in [0.5, 0.6) is 0 Å². The minimum Gasteiger partial charge on any atom is -0.481 e. The topological polar surface area (TPSA) is 92.2 Å². The number of benzene rings is 1. The zero-order valence-corrected chi connectivity index (χ0v) is 14.0. The van der Waals surface area contributed by atoms with E-state index in [0.717, 1.165) is 17.8 Å². The molecule has 1 heterocycles. The Morgan fingerprint density at radius 2 is 1.96 bits per heavy atom. The number of hydrogen-bond acceptors (Lipinski definition) is 5. The molecule has 1 aromatic heterocycles. The van der Waals surface area contributed by atoms with Gasteiger partial charge in [0.25, 0.3) is 0 Å². The van der Waals surface area contributed by atoms with E-state index in [-0.39, 0.29) is 18.7 Å². The van der Waals surface area contributed by atoms with Gasteiger partial charge in [0, 0.05) is 18.8 Å². The highest BCUT2D eigenvalue weighted by Gasteiger charge is 2.20. The maximum atomic E-state index is 13.0. The third kappa shape index (κ3) is 5.38. The van der Waals surface area contributed by atoms with Gasteiger partial charge in [-0.15, -0.1) is 10.2 Å². The van der Waals surface area contributed by atoms with Crippen molar-refractivity contribution < 1.29 is 19.1 Å². The van der Waals surface area contributed by atoms with Crippen LogP contribution in [0.4, 0.5) is 9.52 Å². The van der Waals surface area contributed by atoms with Crippen LogP contribution in [-0.4, -0.2) is 27.2 Å². The van der Waals surface area contributed by atoms with E-state index < -0.39 is 17.7 Å². The van der Waals surface area contributed by atoms with Crippen molar-refractivity contribution in [3.05, 3.63) is 40.7 Å². The van der Waals surface area contributed by atoms with Gasteiger partial charge >= 0.3 is 5.97 Å². The lowest BCUT2D eigenvalue weighted by Crippen LogP contribution is -2.17. The molecule has 0 aliphatic rings. The molecule has 128 valence electrons. The number of carbonyl (C=O) groups excluding carboxylic acids is 1. The van der Waals surface area contributed by atoms with Gasteiger partial charge in [0.05, 0.1) is 6.42 Å². The molecule has 1 unspecified atom stereocenters. The summed E-state index contributed by atoms with van der Waals surface area (Å²) < 4.78 is 13.0. The van der Waals surface area contributed by atoms with Crippen LogP contribution in [-0.2, 0) is 16.0 Å². The lowest BCUT2D eigenvalue weighted by molar-refractivity contribution is -0.137. The molecular weight excluding hydrogens is 333 g/mol. The monoisotopic (exact) mass is 351 g/mol. The van der Waals surface area contributed by atoms with Crippen LogP contribution in [0.1, 0.15) is 42.7 Å². The zero-order chi connectivity index (χ0) is 17.5. The van der Waals surface area contributed by atoms with Crippen molar-refractivity contribution in [1.29, 1.82) is 0 Å². The molecule has 6 nitrogen and oxygen atoms in total. The molecule has 0 saturated carbocycles. The van der Waals surface area contributed by atoms with E-state index in [0.29, 0.717) is 10.7 Å². The molecule has 0 aliphatic carbocycles. The Labute approximate surface area is 142 Å². The van der Waals surface area contributed by atoms with Gasteiger partial charge in [-0.2, -0.15) is 0 Å². The van der Waals surface area contributed by atoms with Crippen molar-refractivity contribution in [1.82, 2.24) is 10.2 Å². The summed E-state index contributed by atoms with van der Waals surface area (Å²) in [5.41, 5.74) is 0.609. The van der Waals surface area contributed by atoms with E-state index in [9.17, 15) is 14.0 Å². The van der Waals surface area contributed by atoms with Gasteiger partial charge < -0.3 is 10.4 Å². The largest absolute Gasteiger partial charge is 0.481 e. The fourth-order valence-corrected chi connectivity index (χ4v) is 3.12. The second kappa shape index (κ2) is 8.49. The molecular formula is C16H18FN3O3S. The predicted octanol–water partition coefficient (Wildman–Crippen LogP) is 3.22. The number of aliphatic carboxylic acids is 1. The number of nitrogens with one attached hydrogen (secondary N) is 1. The Kier molecular flexibility index (Phi) is 6.36. The molecule has 0 bridgehead atoms. The number of carboxylic acid groups (broad SMARTS) is 1. The van der Waals surface area contributed by atoms with Gasteiger partial charge in [0.15, 0.2) is 0 Å². The lowest BCUT2D eigenvalue weighted by Gasteiger charge is -2.14. The molecule has 0 fully saturated rings. The zero-order valence-electron chi connectivity index (χ0n) is 13.2. The highest BCUT2D eigenvalue weighted by atomic mass is 32.1. The van der Waals surface area contributed by atoms with E-state index in [4.69, 9.17) is 5.11 Å². The van der Waals surface area contributed by atoms with E-state index >= 15 is 0 Å². The van der Waals surface area contributed by atoms with Crippen molar-refractivity contribution >= 4 is 28.3 Å². The summed E-state index contributed by atoms with van der Waals surface area (Å²) in [5.74, 6) is -2.30. The van der Waals surface area contributed by atoms with E-state index in [1.165, 1.54) is 35.6 Å². The summed E-state index contributed by atoms with van der Waals surface area (Å²) in [4.78, 5) is 23.2. The number of aryl methyl sites for hydroxylation is 1. The average Bonchev–Trinajstić information content (AvgIpc) is 2.94. The first-order chi connectivity index (χ1) is 11.5. The van der Waals surface area contributed by atoms with E-state index in [1.807, 2.05) is 6.92 Å². The van der Waals surface area contributed by atoms with Gasteiger partial charge in [-0.1, -0.05) is 30.4 Å². The van der Waals surface area contributed by atoms with Gasteiger partial charge in [-0.25, -0.2) is 4.39 Å². The molecule has 2 aromatic rings. The summed E-state index contributed by atoms with van der Waals surface area (Å²) in [5, 5.41) is 20.8. The van der Waals surface area contributed by atoms with Crippen molar-refractivity contribution in [2.45, 2.75) is 38.5 Å². The first kappa shape index (κ1) is 18.0. The Bertz CT molecular complexity index is 703. The summed E-state index contributed by atoms with van der Waals surface area (Å²) in [7, 11) is 0. The van der Waals surface area contributed by atoms with Gasteiger partial charge in [0.1, 0.15) is 10.8 Å². The fourth-order valence-electron chi connectivity index (χ4n) is 2.27. The number of amides is 1. The third-order valence-corrected chi connectivity index (χ3v) is 4.27. The Hall–Kier alpha value is -2.35. The molecule has 0 radical (unpaired) electrons. The number of carboxylic acids is 1. The number of aromatic nitrogens is 2. The maximum Gasteiger partial charge on any atom is 0.303 e. The molecule has 0 spiro atoms. The van der Waals surface area contributed by atoms with Crippen LogP contribution in [0.15, 0.2) is 24.3 Å². The summed E-state index contributed by atoms with van der Waals surface area (Å²) in [6, 6.07) is 5.51. The first-order valence-corrected chi connectivity index (χ1v) is 8.39. The number of halogens is 1. The van der Waals surface area contributed by atoms with Crippen LogP contribution in [0.25, 0.3) is 0 Å². The second-order valence-electron chi connectivity index (χ2n) is 5.35. The quantitative estimate of drug-likeness (QED) is 0.762. The van der Waals surface area contributed by atoms with Crippen LogP contribution >= 0.6 is 11.3 Å². The molecule has 2 rings (SSSR count). The summed E-state index contributed by atoms with van der Waals surface area (Å²) >= 11 is 1.30. The Balaban J connectivity index is 2.03. The SMILES string of the molecule is CCCc1nnc(NC(=O)CC(CC(=O)O)c2ccc(F)cc2)s1. The number of hydrogen-bond donors (Lipinski definition) is 2. The fraction of sp³-hybridized carbons (Fsp3) is 0.375. The second-order valence-corrected chi connectivity index (χ2v) is 6.41. The van der Waals surface area contributed by atoms with Crippen LogP contribution in [0.2, 0.25) is 0 Å². The minimum atomic E-state index is -1.02. The molecule has 24 heavy (non-hydrogen) atoms. The van der Waals surface area contributed by atoms with Gasteiger partial charge in [-0.3, -0.25) is 9.59 Å². The number of rotatable bonds is 8. The summed E-state index contributed by atoms with van der Waals surface area (Å²) in [6.45, 7) is 2.03. The maximum absolute atomic E-state index is 13.0. The number of carbonyl (C=O) groups is 2. The van der Waals surface area contributed by atoms with E-state index in [2.05, 4.69) is 15.5 Å². The molecule has 0 aliphatic heterocycles. The van der Waals surface area contributed by atoms with Crippen molar-refractivity contribution in [3.8, 4) is 0 Å². The standard InChI is InChI=1S/C16H18FN3O3S/c1-2-3-14-19-20-16(24-14)18-13(21)8-11(9-15(22)23)10-4-6-12(17)7-5-10/h4-7,11H,2-3,8-9H2,1H3,(H,22,23)(H,18,20,21). The molecule has 1 atom stereocenters. The van der Waals surface area contributed by atoms with Crippen molar-refractivity contribution in [2.75, 3.05) is 5.32 Å². The molecule has 2 N–H and O–H groups in total. The summed E-state index contributed by atoms with van der Waals surface area (Å²) in [6.07, 6.45) is 1.50. The minimum absolute atomic E-state index is 0.0272. The normalized spacial score (nSPS) is 11.9. The average molecular weight is 351 g/mol. The van der Waals surface area contributed by atoms with E-state index in [1.54, 1.807) is 0 Å². The molecule has 0 saturated heterocycles. The third-order valence-electron chi connectivity index (χ3n) is 3.37. The number of anilines is 1. The van der Waals surface area contributed by atoms with Crippen LogP contribution in [0, 0.1) is 5.82 Å². The smallest absolute Gasteiger partial charge is 0.303 e. The Morgan fingerprint density at radius 1 is 1.25 bits per heavy atom. The highest BCUT2D eigenvalue weighted by Crippen LogP contribution is 2.25. The molecule has 1 aromatic carbocycles. The first-order valence-electron chi connectivity index (χ1n) is 7.57. The van der Waals surface area contributed by atoms with Crippen LogP contribution < -0.4 is 5.32 Å². The molecule has 8 heteroatoms. The number of nitrogens with zero attached hydrogens (tertiary/aromatic N) is 2. The predicted molar refractivity (Wildman–Crippen MR) is 88.5 cm³/mol. The van der Waals surface area contributed by atoms with Gasteiger partial charge in [0.2, 0.25) is 11.0 Å². The van der Waals surface area contributed by atoms with Gasteiger partial charge in [-0.05, 0) is 24.1 Å². The van der Waals surface area contributed by atoms with Crippen molar-refractivity contribution in [2.24, 2.45) is 0 Å².